The minimum atomic E-state index is -0.541. The maximum Gasteiger partial charge on any atom is 0.336 e. The number of nitrogens with zero attached hydrogens (tertiary/aromatic N) is 2. The lowest BCUT2D eigenvalue weighted by molar-refractivity contribution is -0.125. The van der Waals surface area contributed by atoms with Crippen LogP contribution in [0.5, 0.6) is 5.75 Å². The van der Waals surface area contributed by atoms with Gasteiger partial charge in [0.15, 0.2) is 12.2 Å². The normalized spacial score (nSPS) is 12.1. The van der Waals surface area contributed by atoms with E-state index in [-0.39, 0.29) is 29.2 Å². The third-order valence-corrected chi connectivity index (χ3v) is 5.00. The molecule has 8 nitrogen and oxygen atoms in total. The van der Waals surface area contributed by atoms with Crippen LogP contribution in [0.2, 0.25) is 0 Å². The molecule has 0 radical (unpaired) electrons. The van der Waals surface area contributed by atoms with E-state index in [0.29, 0.717) is 16.7 Å². The van der Waals surface area contributed by atoms with Crippen LogP contribution in [0.3, 0.4) is 0 Å². The second kappa shape index (κ2) is 9.57. The molecule has 3 aromatic rings. The lowest BCUT2D eigenvalue weighted by Gasteiger charge is -2.09. The van der Waals surface area contributed by atoms with Crippen molar-refractivity contribution in [3.8, 4) is 5.75 Å². The molecule has 0 unspecified atom stereocenters. The molecule has 0 aliphatic rings. The van der Waals surface area contributed by atoms with Gasteiger partial charge in [-0.3, -0.25) is 4.79 Å². The summed E-state index contributed by atoms with van der Waals surface area (Å²) in [7, 11) is 0. The SMILES string of the molecule is CC(=NOCC(=O)NN=C(C)c1c(O)ccc2c(C)cc(=O)oc12)c1ccc(Br)cc1. The molecule has 0 bridgehead atoms. The molecule has 9 heteroatoms. The zero-order chi connectivity index (χ0) is 22.5. The van der Waals surface area contributed by atoms with Crippen molar-refractivity contribution in [3.63, 3.8) is 0 Å². The van der Waals surface area contributed by atoms with Crippen LogP contribution in [0.25, 0.3) is 11.0 Å². The number of aryl methyl sites for hydroxylation is 1. The highest BCUT2D eigenvalue weighted by molar-refractivity contribution is 9.10. The number of hydrazone groups is 1. The standard InChI is InChI=1S/C22H20BrN3O5/c1-12-10-20(29)31-22-17(12)8-9-18(27)21(22)14(3)24-25-19(28)11-30-26-13(2)15-4-6-16(23)7-5-15/h4-10,27H,11H2,1-3H3,(H,25,28). The number of rotatable bonds is 6. The minimum absolute atomic E-state index is 0.122. The van der Waals surface area contributed by atoms with Gasteiger partial charge in [0.2, 0.25) is 0 Å². The van der Waals surface area contributed by atoms with E-state index in [1.165, 1.54) is 12.1 Å². The van der Waals surface area contributed by atoms with Gasteiger partial charge in [0.05, 0.1) is 17.0 Å². The highest BCUT2D eigenvalue weighted by Crippen LogP contribution is 2.28. The molecule has 0 saturated heterocycles. The van der Waals surface area contributed by atoms with E-state index in [9.17, 15) is 14.7 Å². The van der Waals surface area contributed by atoms with Gasteiger partial charge in [-0.2, -0.15) is 5.10 Å². The first kappa shape index (κ1) is 22.2. The van der Waals surface area contributed by atoms with Crippen LogP contribution in [0.4, 0.5) is 0 Å². The Bertz CT molecular complexity index is 1250. The van der Waals surface area contributed by atoms with Crippen LogP contribution in [-0.4, -0.2) is 29.0 Å². The molecule has 160 valence electrons. The van der Waals surface area contributed by atoms with Crippen LogP contribution in [0.1, 0.15) is 30.5 Å². The average Bonchev–Trinajstić information content (AvgIpc) is 2.72. The van der Waals surface area contributed by atoms with E-state index in [0.717, 1.165) is 10.0 Å². The Balaban J connectivity index is 1.70. The Morgan fingerprint density at radius 1 is 1.16 bits per heavy atom. The van der Waals surface area contributed by atoms with Crippen LogP contribution in [0.15, 0.2) is 66.4 Å². The van der Waals surface area contributed by atoms with Gasteiger partial charge in [-0.15, -0.1) is 0 Å². The molecule has 1 amide bonds. The third kappa shape index (κ3) is 5.37. The summed E-state index contributed by atoms with van der Waals surface area (Å²) < 4.78 is 6.22. The average molecular weight is 486 g/mol. The van der Waals surface area contributed by atoms with Crippen LogP contribution >= 0.6 is 15.9 Å². The number of hydrogen-bond acceptors (Lipinski definition) is 7. The van der Waals surface area contributed by atoms with E-state index in [4.69, 9.17) is 9.25 Å². The summed E-state index contributed by atoms with van der Waals surface area (Å²) >= 11 is 3.36. The first-order valence-corrected chi connectivity index (χ1v) is 10.1. The number of amides is 1. The Hall–Kier alpha value is -3.46. The second-order valence-corrected chi connectivity index (χ2v) is 7.69. The summed E-state index contributed by atoms with van der Waals surface area (Å²) in [6, 6.07) is 12.0. The number of nitrogens with one attached hydrogen (secondary N) is 1. The van der Waals surface area contributed by atoms with Gasteiger partial charge in [-0.1, -0.05) is 33.2 Å². The molecular formula is C22H20BrN3O5. The maximum absolute atomic E-state index is 12.0. The number of benzene rings is 2. The molecule has 0 aliphatic carbocycles. The van der Waals surface area contributed by atoms with Crippen molar-refractivity contribution in [2.24, 2.45) is 10.3 Å². The van der Waals surface area contributed by atoms with Gasteiger partial charge >= 0.3 is 5.63 Å². The summed E-state index contributed by atoms with van der Waals surface area (Å²) in [5.41, 5.74) is 4.67. The van der Waals surface area contributed by atoms with Crippen LogP contribution in [0, 0.1) is 6.92 Å². The molecule has 0 saturated carbocycles. The number of carbonyl (C=O) groups is 1. The number of oxime groups is 1. The van der Waals surface area contributed by atoms with E-state index in [1.807, 2.05) is 24.3 Å². The molecule has 1 heterocycles. The quantitative estimate of drug-likeness (QED) is 0.312. The van der Waals surface area contributed by atoms with Gasteiger partial charge < -0.3 is 14.4 Å². The highest BCUT2D eigenvalue weighted by Gasteiger charge is 2.15. The molecule has 3 rings (SSSR count). The molecule has 2 N–H and O–H groups in total. The monoisotopic (exact) mass is 485 g/mol. The predicted molar refractivity (Wildman–Crippen MR) is 122 cm³/mol. The maximum atomic E-state index is 12.0. The van der Waals surface area contributed by atoms with E-state index in [1.54, 1.807) is 26.8 Å². The van der Waals surface area contributed by atoms with Gasteiger partial charge in [-0.25, -0.2) is 10.2 Å². The van der Waals surface area contributed by atoms with E-state index < -0.39 is 11.5 Å². The Morgan fingerprint density at radius 2 is 1.87 bits per heavy atom. The van der Waals surface area contributed by atoms with Crippen molar-refractivity contribution in [1.82, 2.24) is 5.43 Å². The first-order valence-electron chi connectivity index (χ1n) is 9.28. The van der Waals surface area contributed by atoms with Crippen molar-refractivity contribution in [2.45, 2.75) is 20.8 Å². The number of fused-ring (bicyclic) bond motifs is 1. The van der Waals surface area contributed by atoms with Crippen LogP contribution in [-0.2, 0) is 9.63 Å². The highest BCUT2D eigenvalue weighted by atomic mass is 79.9. The summed E-state index contributed by atoms with van der Waals surface area (Å²) in [5, 5.41) is 18.8. The minimum Gasteiger partial charge on any atom is -0.507 e. The zero-order valence-corrected chi connectivity index (χ0v) is 18.7. The fraction of sp³-hybridized carbons (Fsp3) is 0.182. The third-order valence-electron chi connectivity index (χ3n) is 4.47. The fourth-order valence-corrected chi connectivity index (χ4v) is 3.15. The molecule has 0 spiro atoms. The molecule has 31 heavy (non-hydrogen) atoms. The lowest BCUT2D eigenvalue weighted by Crippen LogP contribution is -2.23. The van der Waals surface area contributed by atoms with Crippen molar-refractivity contribution in [1.29, 1.82) is 0 Å². The van der Waals surface area contributed by atoms with Crippen LogP contribution < -0.4 is 11.1 Å². The van der Waals surface area contributed by atoms with Gasteiger partial charge in [0.25, 0.3) is 5.91 Å². The number of aromatic hydroxyl groups is 1. The van der Waals surface area contributed by atoms with Crippen molar-refractivity contribution >= 4 is 44.2 Å². The van der Waals surface area contributed by atoms with Crippen molar-refractivity contribution < 1.29 is 19.2 Å². The largest absolute Gasteiger partial charge is 0.507 e. The van der Waals surface area contributed by atoms with Gasteiger partial charge in [0.1, 0.15) is 5.75 Å². The molecule has 0 atom stereocenters. The zero-order valence-electron chi connectivity index (χ0n) is 17.1. The predicted octanol–water partition coefficient (Wildman–Crippen LogP) is 3.85. The summed E-state index contributed by atoms with van der Waals surface area (Å²) in [5.74, 6) is -0.660. The molecule has 2 aromatic carbocycles. The number of halogens is 1. The summed E-state index contributed by atoms with van der Waals surface area (Å²) in [4.78, 5) is 28.9. The van der Waals surface area contributed by atoms with E-state index >= 15 is 0 Å². The lowest BCUT2D eigenvalue weighted by atomic mass is 10.0. The number of carbonyl (C=O) groups excluding carboxylic acids is 1. The number of phenolic OH excluding ortho intramolecular Hbond substituents is 1. The van der Waals surface area contributed by atoms with Gasteiger partial charge in [0, 0.05) is 15.9 Å². The summed E-state index contributed by atoms with van der Waals surface area (Å²) in [6.45, 7) is 4.76. The number of hydrogen-bond donors (Lipinski definition) is 2. The Labute approximate surface area is 186 Å². The van der Waals surface area contributed by atoms with E-state index in [2.05, 4.69) is 31.6 Å². The summed E-state index contributed by atoms with van der Waals surface area (Å²) in [6.07, 6.45) is 0. The fourth-order valence-electron chi connectivity index (χ4n) is 2.89. The topological polar surface area (TPSA) is 113 Å². The van der Waals surface area contributed by atoms with Crippen molar-refractivity contribution in [3.05, 3.63) is 74.0 Å². The number of phenols is 1. The first-order chi connectivity index (χ1) is 14.8. The Morgan fingerprint density at radius 3 is 2.58 bits per heavy atom. The van der Waals surface area contributed by atoms with Gasteiger partial charge in [-0.05, 0) is 56.2 Å². The molecule has 1 aromatic heterocycles. The second-order valence-electron chi connectivity index (χ2n) is 6.77. The molecule has 0 fully saturated rings. The molecular weight excluding hydrogens is 466 g/mol. The smallest absolute Gasteiger partial charge is 0.336 e. The molecule has 0 aliphatic heterocycles. The Kier molecular flexibility index (Phi) is 6.86. The van der Waals surface area contributed by atoms with Crippen molar-refractivity contribution in [2.75, 3.05) is 6.61 Å².